The van der Waals surface area contributed by atoms with Gasteiger partial charge in [0.2, 0.25) is 0 Å². The molecule has 0 aliphatic rings. The maximum atomic E-state index is 13.3. The summed E-state index contributed by atoms with van der Waals surface area (Å²) < 4.78 is 19.4. The molecule has 0 spiro atoms. The van der Waals surface area contributed by atoms with Crippen molar-refractivity contribution in [1.82, 2.24) is 0 Å². The summed E-state index contributed by atoms with van der Waals surface area (Å²) in [6.07, 6.45) is 1.46. The molecule has 92 valence electrons. The van der Waals surface area contributed by atoms with Crippen molar-refractivity contribution in [3.63, 3.8) is 0 Å². The third-order valence-electron chi connectivity index (χ3n) is 2.40. The van der Waals surface area contributed by atoms with Gasteiger partial charge in [-0.15, -0.1) is 0 Å². The monoisotopic (exact) mass is 299 g/mol. The van der Waals surface area contributed by atoms with E-state index in [9.17, 15) is 4.39 Å². The van der Waals surface area contributed by atoms with Crippen LogP contribution in [0.5, 0.6) is 5.75 Å². The number of nitriles is 1. The zero-order valence-corrected chi connectivity index (χ0v) is 11.6. The predicted octanol–water partition coefficient (Wildman–Crippen LogP) is 4.30. The molecule has 1 aromatic carbocycles. The van der Waals surface area contributed by atoms with Gasteiger partial charge in [-0.2, -0.15) is 5.26 Å². The predicted molar refractivity (Wildman–Crippen MR) is 68.2 cm³/mol. The lowest BCUT2D eigenvalue weighted by atomic mass is 9.90. The summed E-state index contributed by atoms with van der Waals surface area (Å²) in [4.78, 5) is 0. The molecule has 0 aliphatic carbocycles. The van der Waals surface area contributed by atoms with Crippen LogP contribution in [0.25, 0.3) is 0 Å². The Hall–Kier alpha value is -1.08. The van der Waals surface area contributed by atoms with Crippen LogP contribution in [-0.4, -0.2) is 6.61 Å². The van der Waals surface area contributed by atoms with Crippen LogP contribution in [0.15, 0.2) is 22.7 Å². The Labute approximate surface area is 110 Å². The van der Waals surface area contributed by atoms with E-state index in [0.29, 0.717) is 6.61 Å². The van der Waals surface area contributed by atoms with Crippen molar-refractivity contribution in [3.8, 4) is 11.8 Å². The van der Waals surface area contributed by atoms with Crippen LogP contribution in [0.3, 0.4) is 0 Å². The first-order valence-electron chi connectivity index (χ1n) is 5.44. The number of benzene rings is 1. The van der Waals surface area contributed by atoms with Crippen LogP contribution in [0.1, 0.15) is 26.7 Å². The smallest absolute Gasteiger partial charge is 0.165 e. The molecule has 0 fully saturated rings. The quantitative estimate of drug-likeness (QED) is 0.760. The van der Waals surface area contributed by atoms with Crippen molar-refractivity contribution in [2.45, 2.75) is 26.7 Å². The van der Waals surface area contributed by atoms with Crippen molar-refractivity contribution in [3.05, 3.63) is 28.5 Å². The van der Waals surface area contributed by atoms with Crippen LogP contribution in [-0.2, 0) is 0 Å². The number of halogens is 2. The third kappa shape index (κ3) is 4.74. The van der Waals surface area contributed by atoms with E-state index in [-0.39, 0.29) is 17.0 Å². The largest absolute Gasteiger partial charge is 0.490 e. The second kappa shape index (κ2) is 6.02. The molecule has 1 aromatic rings. The minimum Gasteiger partial charge on any atom is -0.490 e. The molecule has 0 heterocycles. The Morgan fingerprint density at radius 1 is 1.47 bits per heavy atom. The Morgan fingerprint density at radius 3 is 2.82 bits per heavy atom. The van der Waals surface area contributed by atoms with E-state index in [4.69, 9.17) is 10.00 Å². The van der Waals surface area contributed by atoms with E-state index in [1.54, 1.807) is 12.1 Å². The van der Waals surface area contributed by atoms with Crippen LogP contribution in [0.2, 0.25) is 0 Å². The van der Waals surface area contributed by atoms with Gasteiger partial charge in [0.05, 0.1) is 18.1 Å². The molecule has 0 bridgehead atoms. The summed E-state index contributed by atoms with van der Waals surface area (Å²) >= 11 is 3.26. The molecule has 0 saturated heterocycles. The zero-order chi connectivity index (χ0) is 12.9. The van der Waals surface area contributed by atoms with Gasteiger partial charge in [0.25, 0.3) is 0 Å². The van der Waals surface area contributed by atoms with E-state index >= 15 is 0 Å². The van der Waals surface area contributed by atoms with E-state index in [2.05, 4.69) is 22.0 Å². The van der Waals surface area contributed by atoms with Gasteiger partial charge in [0.1, 0.15) is 0 Å². The van der Waals surface area contributed by atoms with Gasteiger partial charge in [0.15, 0.2) is 11.6 Å². The molecule has 0 aromatic heterocycles. The molecule has 0 saturated carbocycles. The molecule has 1 rings (SSSR count). The Bertz CT molecular complexity index is 426. The maximum Gasteiger partial charge on any atom is 0.165 e. The van der Waals surface area contributed by atoms with E-state index < -0.39 is 0 Å². The Balaban J connectivity index is 2.42. The van der Waals surface area contributed by atoms with E-state index in [1.807, 2.05) is 13.8 Å². The summed E-state index contributed by atoms with van der Waals surface area (Å²) in [6.45, 7) is 4.18. The molecule has 4 heteroatoms. The van der Waals surface area contributed by atoms with Gasteiger partial charge in [-0.25, -0.2) is 4.39 Å². The molecule has 2 nitrogen and oxygen atoms in total. The number of nitrogens with zero attached hydrogens (tertiary/aromatic N) is 1. The SMILES string of the molecule is CC(C)(C#N)CCCOc1cc(Br)ccc1F. The van der Waals surface area contributed by atoms with Gasteiger partial charge in [0, 0.05) is 4.47 Å². The Morgan fingerprint density at radius 2 is 2.18 bits per heavy atom. The third-order valence-corrected chi connectivity index (χ3v) is 2.89. The van der Waals surface area contributed by atoms with Gasteiger partial charge in [-0.1, -0.05) is 15.9 Å². The van der Waals surface area contributed by atoms with Crippen molar-refractivity contribution < 1.29 is 9.13 Å². The number of ether oxygens (including phenoxy) is 1. The normalized spacial score (nSPS) is 11.0. The topological polar surface area (TPSA) is 33.0 Å². The molecule has 17 heavy (non-hydrogen) atoms. The molecular weight excluding hydrogens is 285 g/mol. The minimum absolute atomic E-state index is 0.245. The van der Waals surface area contributed by atoms with Gasteiger partial charge >= 0.3 is 0 Å². The molecule has 0 atom stereocenters. The lowest BCUT2D eigenvalue weighted by Gasteiger charge is -2.15. The first-order valence-corrected chi connectivity index (χ1v) is 6.23. The molecular formula is C13H15BrFNO. The number of hydrogen-bond acceptors (Lipinski definition) is 2. The number of rotatable bonds is 5. The highest BCUT2D eigenvalue weighted by molar-refractivity contribution is 9.10. The maximum absolute atomic E-state index is 13.3. The summed E-state index contributed by atoms with van der Waals surface area (Å²) in [5, 5.41) is 8.83. The highest BCUT2D eigenvalue weighted by Gasteiger charge is 2.15. The fraction of sp³-hybridized carbons (Fsp3) is 0.462. The van der Waals surface area contributed by atoms with Crippen LogP contribution in [0, 0.1) is 22.6 Å². The summed E-state index contributed by atoms with van der Waals surface area (Å²) in [7, 11) is 0. The minimum atomic E-state index is -0.368. The van der Waals surface area contributed by atoms with Gasteiger partial charge in [-0.3, -0.25) is 0 Å². The number of hydrogen-bond donors (Lipinski definition) is 0. The lowest BCUT2D eigenvalue weighted by molar-refractivity contribution is 0.273. The van der Waals surface area contributed by atoms with Gasteiger partial charge in [-0.05, 0) is 44.9 Å². The lowest BCUT2D eigenvalue weighted by Crippen LogP contribution is -2.10. The highest BCUT2D eigenvalue weighted by Crippen LogP contribution is 2.24. The zero-order valence-electron chi connectivity index (χ0n) is 9.96. The average Bonchev–Trinajstić information content (AvgIpc) is 2.29. The van der Waals surface area contributed by atoms with Crippen molar-refractivity contribution in [2.24, 2.45) is 5.41 Å². The molecule has 0 radical (unpaired) electrons. The fourth-order valence-corrected chi connectivity index (χ4v) is 1.68. The summed E-state index contributed by atoms with van der Waals surface area (Å²) in [6, 6.07) is 6.81. The molecule has 0 aliphatic heterocycles. The average molecular weight is 300 g/mol. The molecule has 0 N–H and O–H groups in total. The summed E-state index contributed by atoms with van der Waals surface area (Å²) in [5.41, 5.74) is -0.348. The van der Waals surface area contributed by atoms with Crippen molar-refractivity contribution in [1.29, 1.82) is 5.26 Å². The van der Waals surface area contributed by atoms with Crippen molar-refractivity contribution in [2.75, 3.05) is 6.61 Å². The van der Waals surface area contributed by atoms with Crippen LogP contribution in [0.4, 0.5) is 4.39 Å². The molecule has 0 amide bonds. The van der Waals surface area contributed by atoms with E-state index in [0.717, 1.165) is 17.3 Å². The van der Waals surface area contributed by atoms with Crippen molar-refractivity contribution >= 4 is 15.9 Å². The van der Waals surface area contributed by atoms with Gasteiger partial charge < -0.3 is 4.74 Å². The fourth-order valence-electron chi connectivity index (χ4n) is 1.34. The Kier molecular flexibility index (Phi) is 4.95. The molecule has 0 unspecified atom stereocenters. The second-order valence-electron chi connectivity index (χ2n) is 4.52. The summed E-state index contributed by atoms with van der Waals surface area (Å²) in [5.74, 6) is -0.123. The second-order valence-corrected chi connectivity index (χ2v) is 5.44. The van der Waals surface area contributed by atoms with Crippen LogP contribution < -0.4 is 4.74 Å². The highest BCUT2D eigenvalue weighted by atomic mass is 79.9. The first kappa shape index (κ1) is 14.0. The first-order chi connectivity index (χ1) is 7.94. The van der Waals surface area contributed by atoms with Crippen LogP contribution >= 0.6 is 15.9 Å². The standard InChI is InChI=1S/C13H15BrFNO/c1-13(2,9-16)6-3-7-17-12-8-10(14)4-5-11(12)15/h4-5,8H,3,6-7H2,1-2H3. The van der Waals surface area contributed by atoms with E-state index in [1.165, 1.54) is 6.07 Å².